The molecule has 2 bridgehead atoms. The Balaban J connectivity index is 1.72. The van der Waals surface area contributed by atoms with Gasteiger partial charge in [-0.25, -0.2) is 0 Å². The van der Waals surface area contributed by atoms with E-state index in [9.17, 15) is 18.0 Å². The summed E-state index contributed by atoms with van der Waals surface area (Å²) >= 11 is 0. The number of carbonyl (C=O) groups is 1. The number of rotatable bonds is 4. The lowest BCUT2D eigenvalue weighted by atomic mass is 9.87. The molecule has 2 nitrogen and oxygen atoms in total. The maximum atomic E-state index is 12.0. The van der Waals surface area contributed by atoms with Crippen molar-refractivity contribution in [3.8, 4) is 0 Å². The molecule has 2 fully saturated rings. The van der Waals surface area contributed by atoms with Crippen LogP contribution in [0.4, 0.5) is 13.2 Å². The minimum atomic E-state index is -4.21. The van der Waals surface area contributed by atoms with Gasteiger partial charge >= 0.3 is 6.18 Å². The Labute approximate surface area is 98.9 Å². The lowest BCUT2D eigenvalue weighted by Gasteiger charge is -2.28. The number of alkyl halides is 3. The molecule has 0 saturated carbocycles. The number of carbonyl (C=O) groups excluding carboxylic acids is 1. The topological polar surface area (TPSA) is 29.1 Å². The molecule has 98 valence electrons. The number of ketones is 1. The van der Waals surface area contributed by atoms with Gasteiger partial charge in [0.05, 0.1) is 6.42 Å². The molecule has 2 unspecified atom stereocenters. The highest BCUT2D eigenvalue weighted by Gasteiger charge is 2.34. The van der Waals surface area contributed by atoms with E-state index in [0.717, 1.165) is 25.7 Å². The predicted molar refractivity (Wildman–Crippen MR) is 57.6 cm³/mol. The van der Waals surface area contributed by atoms with E-state index >= 15 is 0 Å². The fourth-order valence-corrected chi connectivity index (χ4v) is 3.05. The van der Waals surface area contributed by atoms with Crippen molar-refractivity contribution < 1.29 is 18.0 Å². The molecule has 2 rings (SSSR count). The molecule has 2 heterocycles. The summed E-state index contributed by atoms with van der Waals surface area (Å²) in [7, 11) is 0. The molecule has 17 heavy (non-hydrogen) atoms. The van der Waals surface area contributed by atoms with E-state index in [-0.39, 0.29) is 12.2 Å². The van der Waals surface area contributed by atoms with Crippen molar-refractivity contribution >= 4 is 5.78 Å². The Kier molecular flexibility index (Phi) is 3.76. The van der Waals surface area contributed by atoms with Gasteiger partial charge in [0, 0.05) is 24.9 Å². The molecule has 2 saturated heterocycles. The largest absolute Gasteiger partial charge is 0.389 e. The zero-order chi connectivity index (χ0) is 12.5. The minimum Gasteiger partial charge on any atom is -0.311 e. The standard InChI is InChI=1S/C12H18F3NO/c13-12(14,15)4-3-11(17)7-8-5-9-1-2-10(6-8)16-9/h8-10,16H,1-7H2. The molecular weight excluding hydrogens is 231 g/mol. The highest BCUT2D eigenvalue weighted by Crippen LogP contribution is 2.33. The van der Waals surface area contributed by atoms with Crippen LogP contribution < -0.4 is 5.32 Å². The smallest absolute Gasteiger partial charge is 0.311 e. The predicted octanol–water partition coefficient (Wildman–Crippen LogP) is 2.82. The summed E-state index contributed by atoms with van der Waals surface area (Å²) in [5, 5.41) is 3.46. The molecule has 0 amide bonds. The third kappa shape index (κ3) is 3.98. The summed E-state index contributed by atoms with van der Waals surface area (Å²) in [5.41, 5.74) is 0. The first-order valence-corrected chi connectivity index (χ1v) is 6.27. The van der Waals surface area contributed by atoms with Crippen LogP contribution in [-0.2, 0) is 4.79 Å². The zero-order valence-electron chi connectivity index (χ0n) is 9.72. The van der Waals surface area contributed by atoms with Crippen LogP contribution in [0, 0.1) is 5.92 Å². The van der Waals surface area contributed by atoms with Crippen molar-refractivity contribution in [3.05, 3.63) is 0 Å². The average Bonchev–Trinajstić information content (AvgIpc) is 2.54. The van der Waals surface area contributed by atoms with Gasteiger partial charge in [-0.15, -0.1) is 0 Å². The maximum absolute atomic E-state index is 12.0. The van der Waals surface area contributed by atoms with Crippen molar-refractivity contribution in [1.29, 1.82) is 0 Å². The van der Waals surface area contributed by atoms with Crippen LogP contribution in [-0.4, -0.2) is 24.0 Å². The second kappa shape index (κ2) is 4.96. The monoisotopic (exact) mass is 249 g/mol. The van der Waals surface area contributed by atoms with Gasteiger partial charge in [-0.05, 0) is 31.6 Å². The number of nitrogens with one attached hydrogen (secondary N) is 1. The molecule has 0 radical (unpaired) electrons. The molecule has 2 aliphatic heterocycles. The molecule has 1 N–H and O–H groups in total. The molecule has 2 aliphatic rings. The van der Waals surface area contributed by atoms with Crippen LogP contribution in [0.25, 0.3) is 0 Å². The highest BCUT2D eigenvalue weighted by atomic mass is 19.4. The first-order valence-electron chi connectivity index (χ1n) is 6.27. The summed E-state index contributed by atoms with van der Waals surface area (Å²) < 4.78 is 35.9. The molecule has 0 aromatic rings. The van der Waals surface area contributed by atoms with E-state index in [1.807, 2.05) is 0 Å². The van der Waals surface area contributed by atoms with Gasteiger partial charge in [-0.2, -0.15) is 13.2 Å². The molecule has 2 atom stereocenters. The highest BCUT2D eigenvalue weighted by molar-refractivity contribution is 5.78. The fraction of sp³-hybridized carbons (Fsp3) is 0.917. The Hall–Kier alpha value is -0.580. The van der Waals surface area contributed by atoms with Crippen LogP contribution in [0.1, 0.15) is 44.9 Å². The number of hydrogen-bond acceptors (Lipinski definition) is 2. The number of Topliss-reactive ketones (excluding diaryl/α,β-unsaturated/α-hetero) is 1. The van der Waals surface area contributed by atoms with Crippen molar-refractivity contribution in [3.63, 3.8) is 0 Å². The Bertz CT molecular complexity index is 278. The fourth-order valence-electron chi connectivity index (χ4n) is 3.05. The van der Waals surface area contributed by atoms with E-state index < -0.39 is 12.6 Å². The third-order valence-corrected chi connectivity index (χ3v) is 3.77. The number of hydrogen-bond donors (Lipinski definition) is 1. The molecule has 0 aliphatic carbocycles. The van der Waals surface area contributed by atoms with Crippen LogP contribution in [0.5, 0.6) is 0 Å². The Morgan fingerprint density at radius 1 is 1.18 bits per heavy atom. The molecule has 0 spiro atoms. The normalized spacial score (nSPS) is 32.8. The molecule has 0 aromatic carbocycles. The van der Waals surface area contributed by atoms with Crippen LogP contribution in [0.15, 0.2) is 0 Å². The third-order valence-electron chi connectivity index (χ3n) is 3.77. The summed E-state index contributed by atoms with van der Waals surface area (Å²) in [6, 6.07) is 0.989. The first kappa shape index (κ1) is 12.9. The van der Waals surface area contributed by atoms with Crippen molar-refractivity contribution in [2.24, 2.45) is 5.92 Å². The van der Waals surface area contributed by atoms with Gasteiger partial charge in [0.15, 0.2) is 0 Å². The van der Waals surface area contributed by atoms with Crippen molar-refractivity contribution in [2.45, 2.75) is 63.2 Å². The van der Waals surface area contributed by atoms with E-state index in [1.165, 1.54) is 0 Å². The maximum Gasteiger partial charge on any atom is 0.389 e. The summed E-state index contributed by atoms with van der Waals surface area (Å²) in [6.45, 7) is 0. The van der Waals surface area contributed by atoms with E-state index in [2.05, 4.69) is 5.32 Å². The summed E-state index contributed by atoms with van der Waals surface area (Å²) in [4.78, 5) is 11.5. The first-order chi connectivity index (χ1) is 7.92. The number of fused-ring (bicyclic) bond motifs is 2. The average molecular weight is 249 g/mol. The Morgan fingerprint density at radius 2 is 1.76 bits per heavy atom. The summed E-state index contributed by atoms with van der Waals surface area (Å²) in [6.07, 6.45) is -0.974. The van der Waals surface area contributed by atoms with Crippen LogP contribution in [0.3, 0.4) is 0 Å². The SMILES string of the molecule is O=C(CCC(F)(F)F)CC1CC2CCC(C1)N2. The van der Waals surface area contributed by atoms with Gasteiger partial charge in [0.1, 0.15) is 5.78 Å². The minimum absolute atomic E-state index is 0.228. The molecule has 0 aromatic heterocycles. The second-order valence-electron chi connectivity index (χ2n) is 5.33. The van der Waals surface area contributed by atoms with Crippen molar-refractivity contribution in [1.82, 2.24) is 5.32 Å². The number of piperidine rings is 1. The van der Waals surface area contributed by atoms with E-state index in [0.29, 0.717) is 24.4 Å². The number of halogens is 3. The second-order valence-corrected chi connectivity index (χ2v) is 5.33. The van der Waals surface area contributed by atoms with Gasteiger partial charge in [0.2, 0.25) is 0 Å². The molecular formula is C12H18F3NO. The quantitative estimate of drug-likeness (QED) is 0.830. The van der Waals surface area contributed by atoms with Crippen LogP contribution >= 0.6 is 0 Å². The molecule has 5 heteroatoms. The van der Waals surface area contributed by atoms with Gasteiger partial charge < -0.3 is 5.32 Å². The zero-order valence-corrected chi connectivity index (χ0v) is 9.72. The Morgan fingerprint density at radius 3 is 2.29 bits per heavy atom. The lowest BCUT2D eigenvalue weighted by molar-refractivity contribution is -0.143. The van der Waals surface area contributed by atoms with Gasteiger partial charge in [-0.1, -0.05) is 0 Å². The van der Waals surface area contributed by atoms with E-state index in [1.54, 1.807) is 0 Å². The van der Waals surface area contributed by atoms with Crippen molar-refractivity contribution in [2.75, 3.05) is 0 Å². The van der Waals surface area contributed by atoms with Crippen LogP contribution in [0.2, 0.25) is 0 Å². The van der Waals surface area contributed by atoms with Gasteiger partial charge in [0.25, 0.3) is 0 Å². The summed E-state index contributed by atoms with van der Waals surface area (Å²) in [5.74, 6) is 0.0723. The lowest BCUT2D eigenvalue weighted by Crippen LogP contribution is -2.38. The van der Waals surface area contributed by atoms with E-state index in [4.69, 9.17) is 0 Å². The van der Waals surface area contributed by atoms with Gasteiger partial charge in [-0.3, -0.25) is 4.79 Å².